The summed E-state index contributed by atoms with van der Waals surface area (Å²) in [5, 5.41) is 0. The van der Waals surface area contributed by atoms with Crippen molar-refractivity contribution in [3.05, 3.63) is 40.5 Å². The van der Waals surface area contributed by atoms with Gasteiger partial charge in [0.15, 0.2) is 0 Å². The summed E-state index contributed by atoms with van der Waals surface area (Å²) in [5.74, 6) is 0. The van der Waals surface area contributed by atoms with Crippen molar-refractivity contribution < 1.29 is 0 Å². The quantitative estimate of drug-likeness (QED) is 0.793. The van der Waals surface area contributed by atoms with Gasteiger partial charge >= 0.3 is 0 Å². The molecule has 1 atom stereocenters. The summed E-state index contributed by atoms with van der Waals surface area (Å²) in [4.78, 5) is 3.93. The van der Waals surface area contributed by atoms with Gasteiger partial charge in [-0.25, -0.2) is 0 Å². The van der Waals surface area contributed by atoms with E-state index in [2.05, 4.69) is 63.1 Å². The largest absolute Gasteiger partial charge is 0.332 e. The Hall–Kier alpha value is -0.863. The predicted molar refractivity (Wildman–Crippen MR) is 90.6 cm³/mol. The third-order valence-electron chi connectivity index (χ3n) is 4.58. The Balaban J connectivity index is 1.95. The molecule has 2 aliphatic rings. The molecule has 3 rings (SSSR count). The lowest BCUT2D eigenvalue weighted by atomic mass is 10.0. The van der Waals surface area contributed by atoms with E-state index in [0.717, 1.165) is 0 Å². The van der Waals surface area contributed by atoms with Gasteiger partial charge in [-0.15, -0.1) is 0 Å². The topological polar surface area (TPSA) is 12.0 Å². The van der Waals surface area contributed by atoms with Crippen LogP contribution in [-0.4, -0.2) is 13.8 Å². The molecule has 0 aromatic heterocycles. The molecule has 108 valence electrons. The van der Waals surface area contributed by atoms with Crippen molar-refractivity contribution in [2.24, 2.45) is 0 Å². The second-order valence-electron chi connectivity index (χ2n) is 8.04. The zero-order valence-electron chi connectivity index (χ0n) is 13.5. The Bertz CT molecular complexity index is 564. The van der Waals surface area contributed by atoms with E-state index in [1.54, 1.807) is 16.7 Å². The smallest absolute Gasteiger partial charge is 0.131 e. The molecule has 1 nitrogen and oxygen atoms in total. The molecule has 1 aromatic carbocycles. The standard InChI is InChI=1S/C18H27NSi/c1-18(2,3)19-20(4,5)17-10-9-15-11-13-7-6-8-14(13)12-16(15)17/h9-12,17,19H,6-8H2,1-5H3. The lowest BCUT2D eigenvalue weighted by Crippen LogP contribution is -2.57. The number of benzene rings is 1. The van der Waals surface area contributed by atoms with Gasteiger partial charge in [0.25, 0.3) is 0 Å². The summed E-state index contributed by atoms with van der Waals surface area (Å²) in [6.07, 6.45) is 8.71. The van der Waals surface area contributed by atoms with Crippen molar-refractivity contribution in [1.29, 1.82) is 0 Å². The van der Waals surface area contributed by atoms with Crippen LogP contribution in [0.3, 0.4) is 0 Å². The summed E-state index contributed by atoms with van der Waals surface area (Å²) < 4.78 is 0. The van der Waals surface area contributed by atoms with Crippen molar-refractivity contribution in [2.75, 3.05) is 0 Å². The maximum atomic E-state index is 3.93. The Morgan fingerprint density at radius 3 is 2.40 bits per heavy atom. The molecule has 0 heterocycles. The Morgan fingerprint density at radius 1 is 1.10 bits per heavy atom. The van der Waals surface area contributed by atoms with Crippen LogP contribution in [-0.2, 0) is 12.8 Å². The minimum atomic E-state index is -1.53. The summed E-state index contributed by atoms with van der Waals surface area (Å²) in [6, 6.07) is 4.97. The predicted octanol–water partition coefficient (Wildman–Crippen LogP) is 4.42. The van der Waals surface area contributed by atoms with Gasteiger partial charge in [0.1, 0.15) is 8.24 Å². The lowest BCUT2D eigenvalue weighted by molar-refractivity contribution is 0.509. The summed E-state index contributed by atoms with van der Waals surface area (Å²) in [6.45, 7) is 11.8. The molecule has 1 aromatic rings. The van der Waals surface area contributed by atoms with Crippen molar-refractivity contribution in [2.45, 2.75) is 64.2 Å². The van der Waals surface area contributed by atoms with Gasteiger partial charge in [-0.1, -0.05) is 37.4 Å². The maximum Gasteiger partial charge on any atom is 0.131 e. The average Bonchev–Trinajstić information content (AvgIpc) is 2.86. The SMILES string of the molecule is CC(C)(C)N[Si](C)(C)C1C=Cc2cc3c(cc21)CCC3. The molecule has 20 heavy (non-hydrogen) atoms. The lowest BCUT2D eigenvalue weighted by Gasteiger charge is -2.37. The number of nitrogens with one attached hydrogen (secondary N) is 1. The number of hydrogen-bond acceptors (Lipinski definition) is 1. The van der Waals surface area contributed by atoms with Crippen LogP contribution in [0.5, 0.6) is 0 Å². The van der Waals surface area contributed by atoms with E-state index in [9.17, 15) is 0 Å². The Labute approximate surface area is 124 Å². The fraction of sp³-hybridized carbons (Fsp3) is 0.556. The van der Waals surface area contributed by atoms with Crippen molar-refractivity contribution in [1.82, 2.24) is 4.98 Å². The van der Waals surface area contributed by atoms with Crippen molar-refractivity contribution >= 4 is 14.3 Å². The summed E-state index contributed by atoms with van der Waals surface area (Å²) in [5.41, 5.74) is 7.08. The first kappa shape index (κ1) is 14.1. The van der Waals surface area contributed by atoms with E-state index in [1.165, 1.54) is 24.8 Å². The van der Waals surface area contributed by atoms with Crippen LogP contribution in [0, 0.1) is 0 Å². The molecule has 0 amide bonds. The van der Waals surface area contributed by atoms with Gasteiger partial charge in [0.2, 0.25) is 0 Å². The van der Waals surface area contributed by atoms with Crippen LogP contribution in [0.25, 0.3) is 6.08 Å². The van der Waals surface area contributed by atoms with Crippen LogP contribution in [0.15, 0.2) is 18.2 Å². The van der Waals surface area contributed by atoms with Gasteiger partial charge < -0.3 is 4.98 Å². The minimum absolute atomic E-state index is 0.197. The highest BCUT2D eigenvalue weighted by atomic mass is 28.3. The van der Waals surface area contributed by atoms with Gasteiger partial charge in [0, 0.05) is 11.1 Å². The number of fused-ring (bicyclic) bond motifs is 2. The van der Waals surface area contributed by atoms with E-state index in [-0.39, 0.29) is 5.54 Å². The zero-order chi connectivity index (χ0) is 14.5. The second kappa shape index (κ2) is 4.57. The summed E-state index contributed by atoms with van der Waals surface area (Å²) >= 11 is 0. The van der Waals surface area contributed by atoms with Crippen LogP contribution in [0.2, 0.25) is 13.1 Å². The van der Waals surface area contributed by atoms with Gasteiger partial charge in [-0.2, -0.15) is 0 Å². The normalized spacial score (nSPS) is 21.1. The minimum Gasteiger partial charge on any atom is -0.332 e. The van der Waals surface area contributed by atoms with Crippen LogP contribution in [0.4, 0.5) is 0 Å². The molecular formula is C18H27NSi. The third kappa shape index (κ3) is 2.51. The number of hydrogen-bond donors (Lipinski definition) is 1. The summed E-state index contributed by atoms with van der Waals surface area (Å²) in [7, 11) is -1.53. The van der Waals surface area contributed by atoms with E-state index in [0.29, 0.717) is 5.54 Å². The van der Waals surface area contributed by atoms with Crippen LogP contribution in [0.1, 0.15) is 55.0 Å². The highest BCUT2D eigenvalue weighted by molar-refractivity contribution is 6.77. The monoisotopic (exact) mass is 285 g/mol. The van der Waals surface area contributed by atoms with E-state index in [1.807, 2.05) is 0 Å². The molecule has 2 heteroatoms. The van der Waals surface area contributed by atoms with Crippen molar-refractivity contribution in [3.63, 3.8) is 0 Å². The van der Waals surface area contributed by atoms with Gasteiger partial charge in [-0.3, -0.25) is 0 Å². The van der Waals surface area contributed by atoms with Gasteiger partial charge in [0.05, 0.1) is 0 Å². The molecule has 1 N–H and O–H groups in total. The highest BCUT2D eigenvalue weighted by Crippen LogP contribution is 2.39. The first-order chi connectivity index (χ1) is 9.26. The number of allylic oxidation sites excluding steroid dienone is 1. The Kier molecular flexibility index (Phi) is 3.22. The molecular weight excluding hydrogens is 258 g/mol. The van der Waals surface area contributed by atoms with Crippen LogP contribution < -0.4 is 4.98 Å². The molecule has 2 aliphatic carbocycles. The van der Waals surface area contributed by atoms with Crippen LogP contribution >= 0.6 is 0 Å². The molecule has 0 radical (unpaired) electrons. The number of rotatable bonds is 2. The van der Waals surface area contributed by atoms with Gasteiger partial charge in [-0.05, 0) is 62.3 Å². The average molecular weight is 286 g/mol. The molecule has 0 spiro atoms. The fourth-order valence-electron chi connectivity index (χ4n) is 4.05. The fourth-order valence-corrected chi connectivity index (χ4v) is 7.75. The number of aryl methyl sites for hydroxylation is 2. The second-order valence-corrected chi connectivity index (χ2v) is 12.4. The first-order valence-corrected chi connectivity index (χ1v) is 11.0. The van der Waals surface area contributed by atoms with E-state index < -0.39 is 8.24 Å². The molecule has 0 saturated heterocycles. The maximum absolute atomic E-state index is 3.93. The third-order valence-corrected chi connectivity index (χ3v) is 8.03. The zero-order valence-corrected chi connectivity index (χ0v) is 14.5. The molecule has 0 saturated carbocycles. The molecule has 0 aliphatic heterocycles. The molecule has 0 fully saturated rings. The Morgan fingerprint density at radius 2 is 1.75 bits per heavy atom. The first-order valence-electron chi connectivity index (χ1n) is 7.89. The molecule has 0 bridgehead atoms. The molecule has 1 unspecified atom stereocenters. The highest BCUT2D eigenvalue weighted by Gasteiger charge is 2.37. The van der Waals surface area contributed by atoms with Crippen molar-refractivity contribution in [3.8, 4) is 0 Å². The van der Waals surface area contributed by atoms with E-state index in [4.69, 9.17) is 0 Å². The van der Waals surface area contributed by atoms with E-state index >= 15 is 0 Å².